The van der Waals surface area contributed by atoms with Crippen molar-refractivity contribution in [2.75, 3.05) is 38.3 Å². The molecule has 1 fully saturated rings. The van der Waals surface area contributed by atoms with Gasteiger partial charge in [-0.05, 0) is 65.6 Å². The van der Waals surface area contributed by atoms with E-state index in [0.717, 1.165) is 39.6 Å². The quantitative estimate of drug-likeness (QED) is 0.224. The molecule has 2 heterocycles. The Bertz CT molecular complexity index is 1740. The Balaban J connectivity index is 1.18. The first kappa shape index (κ1) is 28.3. The highest BCUT2D eigenvalue weighted by Gasteiger charge is 2.34. The molecule has 8 heteroatoms. The van der Waals surface area contributed by atoms with Crippen molar-refractivity contribution in [3.05, 3.63) is 96.1 Å². The van der Waals surface area contributed by atoms with Gasteiger partial charge >= 0.3 is 0 Å². The van der Waals surface area contributed by atoms with Gasteiger partial charge in [-0.3, -0.25) is 9.59 Å². The summed E-state index contributed by atoms with van der Waals surface area (Å²) in [6, 6.07) is 26.3. The Morgan fingerprint density at radius 2 is 1.69 bits per heavy atom. The second kappa shape index (κ2) is 11.8. The zero-order chi connectivity index (χ0) is 29.3. The number of benzene rings is 4. The third-order valence-electron chi connectivity index (χ3n) is 8.41. The number of rotatable bonds is 10. The molecule has 0 aromatic heterocycles. The van der Waals surface area contributed by atoms with Crippen LogP contribution in [-0.2, 0) is 26.0 Å². The maximum atomic E-state index is 13.6. The van der Waals surface area contributed by atoms with E-state index < -0.39 is 10.0 Å². The lowest BCUT2D eigenvalue weighted by atomic mass is 9.89. The summed E-state index contributed by atoms with van der Waals surface area (Å²) in [5, 5.41) is 1.79. The lowest BCUT2D eigenvalue weighted by Gasteiger charge is -2.31. The van der Waals surface area contributed by atoms with Gasteiger partial charge in [-0.25, -0.2) is 8.42 Å². The molecule has 0 spiro atoms. The highest BCUT2D eigenvalue weighted by atomic mass is 32.2. The number of amides is 1. The van der Waals surface area contributed by atoms with Crippen molar-refractivity contribution in [1.82, 2.24) is 4.31 Å². The minimum Gasteiger partial charge on any atom is -0.385 e. The van der Waals surface area contributed by atoms with Crippen LogP contribution in [0.25, 0.3) is 21.9 Å². The average molecular weight is 583 g/mol. The number of hydrogen-bond acceptors (Lipinski definition) is 5. The highest BCUT2D eigenvalue weighted by Crippen LogP contribution is 2.39. The van der Waals surface area contributed by atoms with Crippen molar-refractivity contribution in [1.29, 1.82) is 0 Å². The lowest BCUT2D eigenvalue weighted by molar-refractivity contribution is -0.123. The Hall–Kier alpha value is -3.85. The summed E-state index contributed by atoms with van der Waals surface area (Å²) in [6.07, 6.45) is 2.22. The van der Waals surface area contributed by atoms with Crippen LogP contribution in [-0.4, -0.2) is 57.8 Å². The second-order valence-corrected chi connectivity index (χ2v) is 12.9. The summed E-state index contributed by atoms with van der Waals surface area (Å²) >= 11 is 0. The van der Waals surface area contributed by atoms with E-state index >= 15 is 0 Å². The molecule has 4 aromatic carbocycles. The van der Waals surface area contributed by atoms with Gasteiger partial charge in [-0.2, -0.15) is 4.31 Å². The number of sulfonamides is 1. The Morgan fingerprint density at radius 1 is 0.929 bits per heavy atom. The van der Waals surface area contributed by atoms with Crippen LogP contribution in [0.3, 0.4) is 0 Å². The van der Waals surface area contributed by atoms with Crippen LogP contribution < -0.4 is 4.90 Å². The first-order chi connectivity index (χ1) is 20.4. The summed E-state index contributed by atoms with van der Waals surface area (Å²) in [4.78, 5) is 28.8. The maximum absolute atomic E-state index is 13.6. The number of Topliss-reactive ketones (excluding diaryl/α,β-unsaturated/α-hetero) is 1. The van der Waals surface area contributed by atoms with Crippen molar-refractivity contribution in [2.45, 2.75) is 30.6 Å². The molecule has 0 saturated carbocycles. The fraction of sp³-hybridized carbons (Fsp3) is 0.294. The van der Waals surface area contributed by atoms with E-state index in [1.165, 1.54) is 4.31 Å². The third kappa shape index (κ3) is 5.26. The number of carbonyl (C=O) groups excluding carboxylic acids is 2. The number of hydrogen-bond donors (Lipinski definition) is 0. The number of nitrogens with zero attached hydrogens (tertiary/aromatic N) is 2. The van der Waals surface area contributed by atoms with E-state index in [1.54, 1.807) is 24.1 Å². The number of methoxy groups -OCH3 is 1. The zero-order valence-corrected chi connectivity index (χ0v) is 24.5. The zero-order valence-electron chi connectivity index (χ0n) is 23.7. The third-order valence-corrected chi connectivity index (χ3v) is 10.3. The highest BCUT2D eigenvalue weighted by molar-refractivity contribution is 7.89. The van der Waals surface area contributed by atoms with Crippen molar-refractivity contribution in [3.63, 3.8) is 0 Å². The van der Waals surface area contributed by atoms with Gasteiger partial charge in [0.15, 0.2) is 0 Å². The Labute approximate surface area is 246 Å². The first-order valence-electron chi connectivity index (χ1n) is 14.4. The fourth-order valence-electron chi connectivity index (χ4n) is 6.20. The van der Waals surface area contributed by atoms with Crippen molar-refractivity contribution >= 4 is 38.2 Å². The van der Waals surface area contributed by atoms with E-state index in [0.29, 0.717) is 38.1 Å². The minimum atomic E-state index is -3.73. The van der Waals surface area contributed by atoms with Crippen LogP contribution in [0.15, 0.2) is 89.8 Å². The van der Waals surface area contributed by atoms with Crippen LogP contribution in [0.1, 0.15) is 35.2 Å². The van der Waals surface area contributed by atoms with Gasteiger partial charge in [0.05, 0.1) is 10.6 Å². The second-order valence-electron chi connectivity index (χ2n) is 11.0. The van der Waals surface area contributed by atoms with Gasteiger partial charge in [-0.15, -0.1) is 0 Å². The molecule has 2 aliphatic rings. The molecule has 1 amide bonds. The molecule has 42 heavy (non-hydrogen) atoms. The van der Waals surface area contributed by atoms with Crippen LogP contribution >= 0.6 is 0 Å². The molecular formula is C34H34N2O5S. The number of ketones is 1. The normalized spacial score (nSPS) is 17.2. The van der Waals surface area contributed by atoms with E-state index in [4.69, 9.17) is 4.74 Å². The van der Waals surface area contributed by atoms with E-state index in [1.807, 2.05) is 72.8 Å². The Kier molecular flexibility index (Phi) is 7.94. The van der Waals surface area contributed by atoms with Crippen LogP contribution in [0.4, 0.5) is 5.69 Å². The molecule has 6 rings (SSSR count). The summed E-state index contributed by atoms with van der Waals surface area (Å²) < 4.78 is 33.7. The molecule has 2 aliphatic heterocycles. The predicted octanol–water partition coefficient (Wildman–Crippen LogP) is 5.72. The molecule has 0 bridgehead atoms. The van der Waals surface area contributed by atoms with Gasteiger partial charge < -0.3 is 9.64 Å². The molecule has 0 aliphatic carbocycles. The molecule has 216 valence electrons. The lowest BCUT2D eigenvalue weighted by Crippen LogP contribution is -2.42. The molecule has 7 nitrogen and oxygen atoms in total. The largest absolute Gasteiger partial charge is 0.385 e. The average Bonchev–Trinajstić information content (AvgIpc) is 3.30. The Morgan fingerprint density at radius 3 is 2.45 bits per heavy atom. The molecule has 0 N–H and O–H groups in total. The summed E-state index contributed by atoms with van der Waals surface area (Å²) in [7, 11) is -2.08. The molecule has 1 saturated heterocycles. The first-order valence-corrected chi connectivity index (χ1v) is 15.9. The van der Waals surface area contributed by atoms with Crippen molar-refractivity contribution in [3.8, 4) is 11.1 Å². The SMILES string of the molecule is COCCCN1C(=O)c2cccc3c(CC(=O)C4CCCN(S(=O)(=O)c5ccc(-c6ccccc6)cc5)C4)ccc1c23. The number of ether oxygens (including phenoxy) is 1. The maximum Gasteiger partial charge on any atom is 0.258 e. The summed E-state index contributed by atoms with van der Waals surface area (Å²) in [5.41, 5.74) is 4.36. The van der Waals surface area contributed by atoms with E-state index in [2.05, 4.69) is 0 Å². The number of carbonyl (C=O) groups is 2. The smallest absolute Gasteiger partial charge is 0.258 e. The van der Waals surface area contributed by atoms with Gasteiger partial charge in [0.25, 0.3) is 5.91 Å². The summed E-state index contributed by atoms with van der Waals surface area (Å²) in [5.74, 6) is -0.385. The monoisotopic (exact) mass is 582 g/mol. The van der Waals surface area contributed by atoms with E-state index in [9.17, 15) is 18.0 Å². The molecular weight excluding hydrogens is 548 g/mol. The minimum absolute atomic E-state index is 0.0244. The van der Waals surface area contributed by atoms with Gasteiger partial charge in [0.1, 0.15) is 5.78 Å². The van der Waals surface area contributed by atoms with E-state index in [-0.39, 0.29) is 35.5 Å². The number of piperidine rings is 1. The van der Waals surface area contributed by atoms with Gasteiger partial charge in [-0.1, -0.05) is 60.7 Å². The van der Waals surface area contributed by atoms with Crippen molar-refractivity contribution in [2.24, 2.45) is 5.92 Å². The van der Waals surface area contributed by atoms with Crippen LogP contribution in [0.2, 0.25) is 0 Å². The van der Waals surface area contributed by atoms with Gasteiger partial charge in [0, 0.05) is 56.6 Å². The molecule has 4 aromatic rings. The molecule has 1 atom stereocenters. The predicted molar refractivity (Wildman–Crippen MR) is 164 cm³/mol. The van der Waals surface area contributed by atoms with Gasteiger partial charge in [0.2, 0.25) is 10.0 Å². The van der Waals surface area contributed by atoms with Crippen LogP contribution in [0.5, 0.6) is 0 Å². The fourth-order valence-corrected chi connectivity index (χ4v) is 7.73. The standard InChI is InChI=1S/C34H34N2O5S/c1-41-21-7-20-36-31-18-15-26(29-11-5-12-30(33(29)31)34(36)38)22-32(37)27-10-6-19-35(23-27)42(39,40)28-16-13-25(14-17-28)24-8-3-2-4-9-24/h2-5,8-9,11-18,27H,6-7,10,19-23H2,1H3. The van der Waals surface area contributed by atoms with Crippen LogP contribution in [0, 0.1) is 5.92 Å². The number of anilines is 1. The summed E-state index contributed by atoms with van der Waals surface area (Å²) in [6.45, 7) is 1.71. The molecule has 0 radical (unpaired) electrons. The molecule has 1 unspecified atom stereocenters. The topological polar surface area (TPSA) is 84.0 Å². The van der Waals surface area contributed by atoms with Crippen molar-refractivity contribution < 1.29 is 22.7 Å².